The van der Waals surface area contributed by atoms with E-state index >= 15 is 0 Å². The molecule has 1 unspecified atom stereocenters. The van der Waals surface area contributed by atoms with E-state index in [2.05, 4.69) is 20.8 Å². The second-order valence-corrected chi connectivity index (χ2v) is 4.99. The highest BCUT2D eigenvalue weighted by Crippen LogP contribution is 2.38. The van der Waals surface area contributed by atoms with Gasteiger partial charge in [-0.15, -0.1) is 0 Å². The average Bonchev–Trinajstić information content (AvgIpc) is 2.79. The third kappa shape index (κ3) is 4.13. The molecule has 0 aromatic carbocycles. The molecular formula is C12H24. The van der Waals surface area contributed by atoms with Crippen LogP contribution in [0.25, 0.3) is 0 Å². The van der Waals surface area contributed by atoms with Crippen LogP contribution in [0, 0.1) is 17.8 Å². The summed E-state index contributed by atoms with van der Waals surface area (Å²) in [5.74, 6) is 3.04. The van der Waals surface area contributed by atoms with Crippen LogP contribution in [0.3, 0.4) is 0 Å². The third-order valence-electron chi connectivity index (χ3n) is 3.12. The van der Waals surface area contributed by atoms with Gasteiger partial charge in [-0.25, -0.2) is 0 Å². The van der Waals surface area contributed by atoms with Gasteiger partial charge in [0.25, 0.3) is 0 Å². The lowest BCUT2D eigenvalue weighted by atomic mass is 9.97. The Bertz CT molecular complexity index is 111. The van der Waals surface area contributed by atoms with Gasteiger partial charge < -0.3 is 0 Å². The molecule has 1 aliphatic rings. The van der Waals surface area contributed by atoms with E-state index in [0.29, 0.717) is 0 Å². The van der Waals surface area contributed by atoms with E-state index in [4.69, 9.17) is 0 Å². The third-order valence-corrected chi connectivity index (χ3v) is 3.12. The molecule has 0 saturated heterocycles. The fraction of sp³-hybridized carbons (Fsp3) is 1.00. The number of hydrogen-bond donors (Lipinski definition) is 0. The molecule has 0 spiro atoms. The highest BCUT2D eigenvalue weighted by atomic mass is 14.3. The molecule has 0 bridgehead atoms. The number of rotatable bonds is 6. The summed E-state index contributed by atoms with van der Waals surface area (Å²) in [5, 5.41) is 0. The minimum Gasteiger partial charge on any atom is -0.0628 e. The predicted molar refractivity (Wildman–Crippen MR) is 55.2 cm³/mol. The van der Waals surface area contributed by atoms with Crippen molar-refractivity contribution in [2.45, 2.75) is 59.3 Å². The molecule has 0 aromatic rings. The molecule has 1 aliphatic carbocycles. The van der Waals surface area contributed by atoms with Crippen molar-refractivity contribution in [3.05, 3.63) is 0 Å². The summed E-state index contributed by atoms with van der Waals surface area (Å²) in [7, 11) is 0. The van der Waals surface area contributed by atoms with Crippen LogP contribution in [0.2, 0.25) is 0 Å². The van der Waals surface area contributed by atoms with E-state index in [-0.39, 0.29) is 0 Å². The summed E-state index contributed by atoms with van der Waals surface area (Å²) < 4.78 is 0. The van der Waals surface area contributed by atoms with Crippen molar-refractivity contribution < 1.29 is 0 Å². The lowest BCUT2D eigenvalue weighted by Gasteiger charge is -2.09. The first-order valence-corrected chi connectivity index (χ1v) is 5.70. The number of hydrogen-bond acceptors (Lipinski definition) is 0. The minimum absolute atomic E-state index is 0.904. The molecule has 1 atom stereocenters. The first kappa shape index (κ1) is 10.1. The predicted octanol–water partition coefficient (Wildman–Crippen LogP) is 4.25. The molecule has 12 heavy (non-hydrogen) atoms. The Morgan fingerprint density at radius 2 is 1.58 bits per heavy atom. The maximum Gasteiger partial charge on any atom is -0.0388 e. The van der Waals surface area contributed by atoms with Gasteiger partial charge in [0.2, 0.25) is 0 Å². The second-order valence-electron chi connectivity index (χ2n) is 4.99. The second kappa shape index (κ2) is 4.89. The van der Waals surface area contributed by atoms with Gasteiger partial charge in [-0.1, -0.05) is 46.5 Å². The van der Waals surface area contributed by atoms with Crippen LogP contribution in [0.15, 0.2) is 0 Å². The van der Waals surface area contributed by atoms with Crippen molar-refractivity contribution in [2.75, 3.05) is 0 Å². The summed E-state index contributed by atoms with van der Waals surface area (Å²) in [6.45, 7) is 7.08. The largest absolute Gasteiger partial charge is 0.0628 e. The van der Waals surface area contributed by atoms with Crippen molar-refractivity contribution in [2.24, 2.45) is 17.8 Å². The molecule has 0 radical (unpaired) electrons. The van der Waals surface area contributed by atoms with E-state index in [9.17, 15) is 0 Å². The van der Waals surface area contributed by atoms with E-state index in [1.165, 1.54) is 38.5 Å². The lowest BCUT2D eigenvalue weighted by Crippen LogP contribution is -1.97. The maximum absolute atomic E-state index is 2.44. The van der Waals surface area contributed by atoms with Crippen LogP contribution in [0.4, 0.5) is 0 Å². The highest BCUT2D eigenvalue weighted by molar-refractivity contribution is 4.78. The van der Waals surface area contributed by atoms with Crippen molar-refractivity contribution in [3.63, 3.8) is 0 Å². The van der Waals surface area contributed by atoms with Gasteiger partial charge in [-0.05, 0) is 30.6 Å². The first-order valence-electron chi connectivity index (χ1n) is 5.70. The van der Waals surface area contributed by atoms with Gasteiger partial charge in [0.05, 0.1) is 0 Å². The van der Waals surface area contributed by atoms with Gasteiger partial charge in [0.1, 0.15) is 0 Å². The topological polar surface area (TPSA) is 0 Å². The zero-order chi connectivity index (χ0) is 8.97. The van der Waals surface area contributed by atoms with Crippen LogP contribution in [0.5, 0.6) is 0 Å². The van der Waals surface area contributed by atoms with Crippen LogP contribution in [0.1, 0.15) is 59.3 Å². The molecule has 0 amide bonds. The summed E-state index contributed by atoms with van der Waals surface area (Å²) in [5.41, 5.74) is 0. The van der Waals surface area contributed by atoms with Crippen LogP contribution in [-0.2, 0) is 0 Å². The Labute approximate surface area is 77.7 Å². The first-order chi connectivity index (χ1) is 5.70. The lowest BCUT2D eigenvalue weighted by molar-refractivity contribution is 0.427. The number of unbranched alkanes of at least 4 members (excludes halogenated alkanes) is 1. The zero-order valence-corrected chi connectivity index (χ0v) is 8.97. The Morgan fingerprint density at radius 1 is 1.00 bits per heavy atom. The van der Waals surface area contributed by atoms with Crippen LogP contribution in [-0.4, -0.2) is 0 Å². The zero-order valence-electron chi connectivity index (χ0n) is 8.97. The van der Waals surface area contributed by atoms with Gasteiger partial charge in [-0.3, -0.25) is 0 Å². The molecule has 1 saturated carbocycles. The van der Waals surface area contributed by atoms with E-state index in [0.717, 1.165) is 17.8 Å². The molecule has 0 heterocycles. The fourth-order valence-corrected chi connectivity index (χ4v) is 1.92. The normalized spacial score (nSPS) is 20.0. The summed E-state index contributed by atoms with van der Waals surface area (Å²) >= 11 is 0. The molecule has 0 aliphatic heterocycles. The SMILES string of the molecule is CC(C)CCCCC(C)C1CC1. The molecule has 72 valence electrons. The smallest absolute Gasteiger partial charge is 0.0388 e. The molecule has 1 fully saturated rings. The molecule has 0 N–H and O–H groups in total. The standard InChI is InChI=1S/C12H24/c1-10(2)6-4-5-7-11(3)12-8-9-12/h10-12H,4-9H2,1-3H3. The fourth-order valence-electron chi connectivity index (χ4n) is 1.92. The van der Waals surface area contributed by atoms with Crippen LogP contribution >= 0.6 is 0 Å². The Morgan fingerprint density at radius 3 is 2.08 bits per heavy atom. The van der Waals surface area contributed by atoms with Crippen LogP contribution < -0.4 is 0 Å². The summed E-state index contributed by atoms with van der Waals surface area (Å²) in [6, 6.07) is 0. The average molecular weight is 168 g/mol. The van der Waals surface area contributed by atoms with Crippen molar-refractivity contribution in [3.8, 4) is 0 Å². The van der Waals surface area contributed by atoms with Gasteiger partial charge in [0.15, 0.2) is 0 Å². The molecular weight excluding hydrogens is 144 g/mol. The van der Waals surface area contributed by atoms with Crippen molar-refractivity contribution in [1.29, 1.82) is 0 Å². The molecule has 0 heteroatoms. The quantitative estimate of drug-likeness (QED) is 0.520. The Kier molecular flexibility index (Phi) is 4.11. The Balaban J connectivity index is 1.87. The minimum atomic E-state index is 0.904. The van der Waals surface area contributed by atoms with Gasteiger partial charge >= 0.3 is 0 Å². The summed E-state index contributed by atoms with van der Waals surface area (Å²) in [4.78, 5) is 0. The summed E-state index contributed by atoms with van der Waals surface area (Å²) in [6.07, 6.45) is 8.87. The van der Waals surface area contributed by atoms with Crippen molar-refractivity contribution in [1.82, 2.24) is 0 Å². The van der Waals surface area contributed by atoms with Crippen molar-refractivity contribution >= 4 is 0 Å². The van der Waals surface area contributed by atoms with Gasteiger partial charge in [-0.2, -0.15) is 0 Å². The van der Waals surface area contributed by atoms with Gasteiger partial charge in [0, 0.05) is 0 Å². The monoisotopic (exact) mass is 168 g/mol. The van der Waals surface area contributed by atoms with E-state index < -0.39 is 0 Å². The highest BCUT2D eigenvalue weighted by Gasteiger charge is 2.26. The van der Waals surface area contributed by atoms with E-state index in [1.54, 1.807) is 0 Å². The van der Waals surface area contributed by atoms with E-state index in [1.807, 2.05) is 0 Å². The molecule has 0 aromatic heterocycles. The Hall–Kier alpha value is 0. The molecule has 0 nitrogen and oxygen atoms in total. The molecule has 1 rings (SSSR count). The maximum atomic E-state index is 2.44.